The molecule has 0 fully saturated rings. The Labute approximate surface area is 135 Å². The molecule has 0 saturated heterocycles. The van der Waals surface area contributed by atoms with Crippen molar-refractivity contribution < 1.29 is 9.47 Å². The largest absolute Gasteiger partial charge is 0.474 e. The highest BCUT2D eigenvalue weighted by atomic mass is 16.5. The van der Waals surface area contributed by atoms with Crippen LogP contribution >= 0.6 is 0 Å². The van der Waals surface area contributed by atoms with Gasteiger partial charge < -0.3 is 20.5 Å². The molecule has 126 valence electrons. The molecule has 0 aromatic carbocycles. The predicted molar refractivity (Wildman–Crippen MR) is 93.6 cm³/mol. The summed E-state index contributed by atoms with van der Waals surface area (Å²) < 4.78 is 11.1. The second-order valence-electron chi connectivity index (χ2n) is 5.16. The van der Waals surface area contributed by atoms with Crippen molar-refractivity contribution in [3.05, 3.63) is 35.4 Å². The molecule has 0 radical (unpaired) electrons. The van der Waals surface area contributed by atoms with Gasteiger partial charge in [-0.2, -0.15) is 0 Å². The number of nitrogens with one attached hydrogen (secondary N) is 1. The minimum Gasteiger partial charge on any atom is -0.474 e. The van der Waals surface area contributed by atoms with Crippen molar-refractivity contribution in [2.45, 2.75) is 47.1 Å². The average Bonchev–Trinajstić information content (AvgIpc) is 2.46. The maximum Gasteiger partial charge on any atom is 0.187 e. The Balaban J connectivity index is 4.76. The molecule has 5 nitrogen and oxygen atoms in total. The zero-order chi connectivity index (χ0) is 17.0. The highest BCUT2D eigenvalue weighted by Gasteiger charge is 2.06. The van der Waals surface area contributed by atoms with Crippen molar-refractivity contribution in [1.82, 2.24) is 5.32 Å². The van der Waals surface area contributed by atoms with E-state index in [1.165, 1.54) is 0 Å². The van der Waals surface area contributed by atoms with E-state index in [0.29, 0.717) is 12.5 Å². The zero-order valence-electron chi connectivity index (χ0n) is 14.6. The second-order valence-corrected chi connectivity index (χ2v) is 5.16. The molecule has 3 N–H and O–H groups in total. The number of nitrogens with zero attached hydrogens (tertiary/aromatic N) is 1. The number of nitrogens with two attached hydrogens (primary N) is 1. The van der Waals surface area contributed by atoms with Crippen LogP contribution in [0.25, 0.3) is 0 Å². The first-order chi connectivity index (χ1) is 10.4. The molecule has 1 atom stereocenters. The molecule has 0 aromatic heterocycles. The Morgan fingerprint density at radius 3 is 2.59 bits per heavy atom. The van der Waals surface area contributed by atoms with Gasteiger partial charge in [-0.25, -0.2) is 0 Å². The smallest absolute Gasteiger partial charge is 0.187 e. The number of allylic oxidation sites excluding steroid dienone is 3. The number of rotatable bonds is 11. The van der Waals surface area contributed by atoms with E-state index < -0.39 is 0 Å². The summed E-state index contributed by atoms with van der Waals surface area (Å²) in [6, 6.07) is 0. The molecule has 0 aliphatic carbocycles. The number of aliphatic imine (C=N–C) groups is 1. The first-order valence-corrected chi connectivity index (χ1v) is 7.75. The van der Waals surface area contributed by atoms with Crippen LogP contribution in [0.3, 0.4) is 0 Å². The molecule has 0 amide bonds. The lowest BCUT2D eigenvalue weighted by atomic mass is 10.2. The van der Waals surface area contributed by atoms with E-state index in [1.807, 2.05) is 33.8 Å². The first-order valence-electron chi connectivity index (χ1n) is 7.75. The molecule has 22 heavy (non-hydrogen) atoms. The molecule has 0 aromatic rings. The quantitative estimate of drug-likeness (QED) is 0.202. The molecule has 0 aliphatic rings. The van der Waals surface area contributed by atoms with Crippen molar-refractivity contribution in [1.29, 1.82) is 0 Å². The number of hydrogen-bond acceptors (Lipinski definition) is 4. The second kappa shape index (κ2) is 11.9. The van der Waals surface area contributed by atoms with Gasteiger partial charge in [0, 0.05) is 24.4 Å². The Morgan fingerprint density at radius 1 is 1.36 bits per heavy atom. The highest BCUT2D eigenvalue weighted by molar-refractivity contribution is 5.60. The minimum atomic E-state index is -0.0854. The molecule has 0 spiro atoms. The van der Waals surface area contributed by atoms with E-state index in [2.05, 4.69) is 23.8 Å². The van der Waals surface area contributed by atoms with Crippen LogP contribution in [-0.2, 0) is 9.47 Å². The third-order valence-electron chi connectivity index (χ3n) is 2.73. The van der Waals surface area contributed by atoms with E-state index in [1.54, 1.807) is 6.34 Å². The van der Waals surface area contributed by atoms with Gasteiger partial charge in [0.15, 0.2) is 5.88 Å². The van der Waals surface area contributed by atoms with Crippen LogP contribution in [-0.4, -0.2) is 32.2 Å². The summed E-state index contributed by atoms with van der Waals surface area (Å²) in [7, 11) is 0. The van der Waals surface area contributed by atoms with Gasteiger partial charge in [0.05, 0.1) is 12.9 Å². The Hall–Kier alpha value is -1.75. The van der Waals surface area contributed by atoms with Crippen molar-refractivity contribution >= 4 is 6.34 Å². The fraction of sp³-hybridized carbons (Fsp3) is 0.588. The van der Waals surface area contributed by atoms with E-state index in [0.717, 1.165) is 36.4 Å². The zero-order valence-corrected chi connectivity index (χ0v) is 14.6. The number of ether oxygens (including phenoxy) is 2. The molecular weight excluding hydrogens is 278 g/mol. The van der Waals surface area contributed by atoms with Crippen LogP contribution in [0.4, 0.5) is 0 Å². The lowest BCUT2D eigenvalue weighted by Gasteiger charge is -2.16. The lowest BCUT2D eigenvalue weighted by Crippen LogP contribution is -2.20. The molecule has 0 saturated carbocycles. The van der Waals surface area contributed by atoms with Crippen molar-refractivity contribution in [3.63, 3.8) is 0 Å². The Kier molecular flexibility index (Phi) is 10.9. The van der Waals surface area contributed by atoms with Gasteiger partial charge in [-0.05, 0) is 45.8 Å². The average molecular weight is 309 g/mol. The summed E-state index contributed by atoms with van der Waals surface area (Å²) in [6.45, 7) is 15.7. The summed E-state index contributed by atoms with van der Waals surface area (Å²) in [5.74, 6) is 0.389. The molecule has 0 rings (SSSR count). The topological polar surface area (TPSA) is 68.9 Å². The van der Waals surface area contributed by atoms with E-state index in [9.17, 15) is 0 Å². The summed E-state index contributed by atoms with van der Waals surface area (Å²) >= 11 is 0. The van der Waals surface area contributed by atoms with Crippen molar-refractivity contribution in [2.75, 3.05) is 19.8 Å². The molecule has 0 bridgehead atoms. The van der Waals surface area contributed by atoms with E-state index in [-0.39, 0.29) is 6.10 Å². The van der Waals surface area contributed by atoms with Crippen molar-refractivity contribution in [3.8, 4) is 0 Å². The molecular formula is C17H31N3O2. The standard InChI is InChI=1S/C17H31N3O2/c1-7-9-21-11-15(6)22-17(18)14(5)10-16(13(3)4)20-12-19-8-2/h10,12,15H,3,7-9,11,18H2,1-2,4-6H3,(H,19,20)/b16-10+,17-14+. The lowest BCUT2D eigenvalue weighted by molar-refractivity contribution is 0.0239. The highest BCUT2D eigenvalue weighted by Crippen LogP contribution is 2.11. The van der Waals surface area contributed by atoms with E-state index >= 15 is 0 Å². The van der Waals surface area contributed by atoms with Gasteiger partial charge in [-0.3, -0.25) is 4.99 Å². The van der Waals surface area contributed by atoms with Gasteiger partial charge in [0.1, 0.15) is 6.10 Å². The van der Waals surface area contributed by atoms with Crippen molar-refractivity contribution in [2.24, 2.45) is 10.7 Å². The summed E-state index contributed by atoms with van der Waals surface area (Å²) in [5, 5.41) is 3.10. The number of hydrogen-bond donors (Lipinski definition) is 2. The third-order valence-corrected chi connectivity index (χ3v) is 2.73. The summed E-state index contributed by atoms with van der Waals surface area (Å²) in [6.07, 6.45) is 4.47. The molecule has 0 heterocycles. The van der Waals surface area contributed by atoms with Gasteiger partial charge in [-0.1, -0.05) is 13.5 Å². The van der Waals surface area contributed by atoms with Crippen LogP contribution in [0.2, 0.25) is 0 Å². The normalized spacial score (nSPS) is 14.7. The van der Waals surface area contributed by atoms with E-state index in [4.69, 9.17) is 15.2 Å². The fourth-order valence-corrected chi connectivity index (χ4v) is 1.52. The maximum atomic E-state index is 5.99. The Morgan fingerprint density at radius 2 is 2.05 bits per heavy atom. The van der Waals surface area contributed by atoms with Gasteiger partial charge in [0.25, 0.3) is 0 Å². The molecule has 5 heteroatoms. The minimum absolute atomic E-state index is 0.0854. The monoisotopic (exact) mass is 309 g/mol. The third kappa shape index (κ3) is 9.23. The van der Waals surface area contributed by atoms with Crippen LogP contribution < -0.4 is 11.1 Å². The predicted octanol–water partition coefficient (Wildman–Crippen LogP) is 3.11. The Bertz CT molecular complexity index is 426. The van der Waals surface area contributed by atoms with Gasteiger partial charge in [-0.15, -0.1) is 0 Å². The molecule has 0 aliphatic heterocycles. The molecule has 1 unspecified atom stereocenters. The van der Waals surface area contributed by atoms with Gasteiger partial charge >= 0.3 is 0 Å². The van der Waals surface area contributed by atoms with Crippen LogP contribution in [0.1, 0.15) is 41.0 Å². The maximum absolute atomic E-state index is 5.99. The fourth-order valence-electron chi connectivity index (χ4n) is 1.52. The van der Waals surface area contributed by atoms with Crippen LogP contribution in [0, 0.1) is 0 Å². The SMILES string of the molecule is C=C(C)/C(=C\C(C)=C(/N)OC(C)COCCC)NC=NCC. The van der Waals surface area contributed by atoms with Crippen LogP contribution in [0.15, 0.2) is 40.4 Å². The summed E-state index contributed by atoms with van der Waals surface area (Å²) in [4.78, 5) is 4.12. The summed E-state index contributed by atoms with van der Waals surface area (Å²) in [5.41, 5.74) is 8.58. The van der Waals surface area contributed by atoms with Gasteiger partial charge in [0.2, 0.25) is 0 Å². The van der Waals surface area contributed by atoms with Crippen LogP contribution in [0.5, 0.6) is 0 Å². The first kappa shape index (κ1) is 20.2.